The summed E-state index contributed by atoms with van der Waals surface area (Å²) >= 11 is 6.12. The summed E-state index contributed by atoms with van der Waals surface area (Å²) in [5.41, 5.74) is 3.43. The van der Waals surface area contributed by atoms with Gasteiger partial charge in [-0.15, -0.1) is 0 Å². The van der Waals surface area contributed by atoms with Gasteiger partial charge in [0.2, 0.25) is 5.95 Å². The highest BCUT2D eigenvalue weighted by Gasteiger charge is 2.15. The van der Waals surface area contributed by atoms with E-state index in [9.17, 15) is 4.79 Å². The molecule has 132 valence electrons. The Labute approximate surface area is 157 Å². The first kappa shape index (κ1) is 17.9. The lowest BCUT2D eigenvalue weighted by atomic mass is 10.2. The summed E-state index contributed by atoms with van der Waals surface area (Å²) < 4.78 is 0. The number of nitrogens with zero attached hydrogens (tertiary/aromatic N) is 3. The number of halogens is 1. The Bertz CT molecular complexity index is 944. The highest BCUT2D eigenvalue weighted by Crippen LogP contribution is 2.24. The molecule has 0 aliphatic heterocycles. The average molecular weight is 367 g/mol. The van der Waals surface area contributed by atoms with Gasteiger partial charge in [0.25, 0.3) is 5.91 Å². The number of anilines is 3. The van der Waals surface area contributed by atoms with E-state index in [4.69, 9.17) is 11.6 Å². The molecule has 0 aliphatic carbocycles. The van der Waals surface area contributed by atoms with E-state index in [-0.39, 0.29) is 5.91 Å². The van der Waals surface area contributed by atoms with Crippen LogP contribution in [0.2, 0.25) is 5.02 Å². The molecule has 6 heteroatoms. The fourth-order valence-electron chi connectivity index (χ4n) is 2.52. The number of benzene rings is 2. The van der Waals surface area contributed by atoms with Crippen molar-refractivity contribution in [3.05, 3.63) is 76.6 Å². The molecule has 5 nitrogen and oxygen atoms in total. The van der Waals surface area contributed by atoms with E-state index in [1.165, 1.54) is 0 Å². The Morgan fingerprint density at radius 1 is 1.04 bits per heavy atom. The van der Waals surface area contributed by atoms with E-state index in [0.29, 0.717) is 28.0 Å². The van der Waals surface area contributed by atoms with E-state index >= 15 is 0 Å². The van der Waals surface area contributed by atoms with Crippen LogP contribution in [-0.2, 0) is 0 Å². The van der Waals surface area contributed by atoms with E-state index < -0.39 is 0 Å². The van der Waals surface area contributed by atoms with Crippen molar-refractivity contribution in [1.29, 1.82) is 0 Å². The number of nitrogens with one attached hydrogen (secondary N) is 1. The summed E-state index contributed by atoms with van der Waals surface area (Å²) in [6, 6.07) is 16.8. The maximum Gasteiger partial charge on any atom is 0.274 e. The molecular weight excluding hydrogens is 348 g/mol. The molecule has 0 bridgehead atoms. The minimum atomic E-state index is -0.302. The maximum absolute atomic E-state index is 12.7. The number of rotatable bonds is 4. The van der Waals surface area contributed by atoms with Crippen molar-refractivity contribution >= 4 is 34.8 Å². The van der Waals surface area contributed by atoms with Crippen LogP contribution in [-0.4, -0.2) is 22.9 Å². The fourth-order valence-corrected chi connectivity index (χ4v) is 2.69. The third-order valence-corrected chi connectivity index (χ3v) is 4.44. The van der Waals surface area contributed by atoms with Gasteiger partial charge in [-0.2, -0.15) is 0 Å². The SMILES string of the molecule is Cc1cc(C(=O)Nc2cccc(Cl)c2C)nc(N(C)c2ccccc2)n1. The van der Waals surface area contributed by atoms with Gasteiger partial charge in [-0.3, -0.25) is 4.79 Å². The molecule has 0 unspecified atom stereocenters. The van der Waals surface area contributed by atoms with Gasteiger partial charge in [0.05, 0.1) is 0 Å². The number of hydrogen-bond donors (Lipinski definition) is 1. The summed E-state index contributed by atoms with van der Waals surface area (Å²) in [6.45, 7) is 3.70. The maximum atomic E-state index is 12.7. The number of para-hydroxylation sites is 1. The molecule has 1 amide bonds. The van der Waals surface area contributed by atoms with Crippen LogP contribution in [0, 0.1) is 13.8 Å². The van der Waals surface area contributed by atoms with Gasteiger partial charge < -0.3 is 10.2 Å². The van der Waals surface area contributed by atoms with E-state index in [1.54, 1.807) is 18.2 Å². The summed E-state index contributed by atoms with van der Waals surface area (Å²) in [4.78, 5) is 23.4. The minimum absolute atomic E-state index is 0.301. The van der Waals surface area contributed by atoms with Crippen molar-refractivity contribution in [3.8, 4) is 0 Å². The van der Waals surface area contributed by atoms with Gasteiger partial charge in [-0.1, -0.05) is 35.9 Å². The second-order valence-electron chi connectivity index (χ2n) is 5.96. The van der Waals surface area contributed by atoms with Crippen molar-refractivity contribution in [2.24, 2.45) is 0 Å². The third kappa shape index (κ3) is 3.83. The zero-order valence-corrected chi connectivity index (χ0v) is 15.6. The van der Waals surface area contributed by atoms with Gasteiger partial charge in [-0.05, 0) is 49.7 Å². The van der Waals surface area contributed by atoms with Crippen molar-refractivity contribution in [1.82, 2.24) is 9.97 Å². The molecule has 0 saturated heterocycles. The Kier molecular flexibility index (Phi) is 5.19. The van der Waals surface area contributed by atoms with Crippen LogP contribution in [0.15, 0.2) is 54.6 Å². The molecule has 2 aromatic carbocycles. The van der Waals surface area contributed by atoms with Gasteiger partial charge in [0.15, 0.2) is 0 Å². The van der Waals surface area contributed by atoms with Crippen LogP contribution in [0.5, 0.6) is 0 Å². The number of amides is 1. The molecule has 0 atom stereocenters. The van der Waals surface area contributed by atoms with Crippen LogP contribution in [0.4, 0.5) is 17.3 Å². The highest BCUT2D eigenvalue weighted by molar-refractivity contribution is 6.31. The molecule has 0 radical (unpaired) electrons. The molecule has 3 aromatic rings. The number of hydrogen-bond acceptors (Lipinski definition) is 4. The number of carbonyl (C=O) groups excluding carboxylic acids is 1. The Morgan fingerprint density at radius 3 is 2.50 bits per heavy atom. The molecule has 3 rings (SSSR count). The number of carbonyl (C=O) groups is 1. The largest absolute Gasteiger partial charge is 0.320 e. The van der Waals surface area contributed by atoms with Crippen LogP contribution in [0.25, 0.3) is 0 Å². The molecule has 1 N–H and O–H groups in total. The molecule has 0 saturated carbocycles. The molecule has 1 aromatic heterocycles. The Hall–Kier alpha value is -2.92. The van der Waals surface area contributed by atoms with Gasteiger partial charge in [0, 0.05) is 29.1 Å². The standard InChI is InChI=1S/C20H19ClN4O/c1-13-12-18(19(26)23-17-11-7-10-16(21)14(17)2)24-20(22-13)25(3)15-8-5-4-6-9-15/h4-12H,1-3H3,(H,23,26). The second-order valence-corrected chi connectivity index (χ2v) is 6.36. The lowest BCUT2D eigenvalue weighted by Crippen LogP contribution is -2.19. The zero-order valence-electron chi connectivity index (χ0n) is 14.8. The van der Waals surface area contributed by atoms with Gasteiger partial charge in [-0.25, -0.2) is 9.97 Å². The second kappa shape index (κ2) is 7.54. The smallest absolute Gasteiger partial charge is 0.274 e. The highest BCUT2D eigenvalue weighted by atomic mass is 35.5. The van der Waals surface area contributed by atoms with Crippen LogP contribution < -0.4 is 10.2 Å². The lowest BCUT2D eigenvalue weighted by Gasteiger charge is -2.18. The summed E-state index contributed by atoms with van der Waals surface area (Å²) in [5, 5.41) is 3.47. The van der Waals surface area contributed by atoms with Crippen molar-refractivity contribution < 1.29 is 4.79 Å². The van der Waals surface area contributed by atoms with Gasteiger partial charge >= 0.3 is 0 Å². The molecule has 26 heavy (non-hydrogen) atoms. The molecule has 0 aliphatic rings. The molecule has 0 fully saturated rings. The Morgan fingerprint density at radius 2 is 1.77 bits per heavy atom. The third-order valence-electron chi connectivity index (χ3n) is 4.03. The molecular formula is C20H19ClN4O. The number of aromatic nitrogens is 2. The first-order valence-corrected chi connectivity index (χ1v) is 8.54. The predicted molar refractivity (Wildman–Crippen MR) is 105 cm³/mol. The average Bonchev–Trinajstić information content (AvgIpc) is 2.65. The van der Waals surface area contributed by atoms with Crippen molar-refractivity contribution in [2.45, 2.75) is 13.8 Å². The lowest BCUT2D eigenvalue weighted by molar-refractivity contribution is 0.102. The normalized spacial score (nSPS) is 10.5. The zero-order chi connectivity index (χ0) is 18.7. The van der Waals surface area contributed by atoms with Crippen molar-refractivity contribution in [2.75, 3.05) is 17.3 Å². The monoisotopic (exact) mass is 366 g/mol. The van der Waals surface area contributed by atoms with E-state index in [0.717, 1.165) is 11.3 Å². The molecule has 1 heterocycles. The number of aryl methyl sites for hydroxylation is 1. The summed E-state index contributed by atoms with van der Waals surface area (Å²) in [7, 11) is 1.87. The quantitative estimate of drug-likeness (QED) is 0.722. The first-order chi connectivity index (χ1) is 12.5. The van der Waals surface area contributed by atoms with Crippen molar-refractivity contribution in [3.63, 3.8) is 0 Å². The molecule has 0 spiro atoms. The summed E-state index contributed by atoms with van der Waals surface area (Å²) in [6.07, 6.45) is 0. The van der Waals surface area contributed by atoms with Crippen LogP contribution in [0.1, 0.15) is 21.7 Å². The van der Waals surface area contributed by atoms with Gasteiger partial charge in [0.1, 0.15) is 5.69 Å². The first-order valence-electron chi connectivity index (χ1n) is 8.16. The van der Waals surface area contributed by atoms with E-state index in [1.807, 2.05) is 62.2 Å². The van der Waals surface area contributed by atoms with E-state index in [2.05, 4.69) is 15.3 Å². The predicted octanol–water partition coefficient (Wildman–Crippen LogP) is 4.77. The topological polar surface area (TPSA) is 58.1 Å². The summed E-state index contributed by atoms with van der Waals surface area (Å²) in [5.74, 6) is 0.160. The fraction of sp³-hybridized carbons (Fsp3) is 0.150. The Balaban J connectivity index is 1.90. The minimum Gasteiger partial charge on any atom is -0.320 e. The van der Waals surface area contributed by atoms with Crippen LogP contribution in [0.3, 0.4) is 0 Å². The van der Waals surface area contributed by atoms with Crippen LogP contribution >= 0.6 is 11.6 Å².